The minimum atomic E-state index is -0.713. The molecule has 9 aromatic carbocycles. The Labute approximate surface area is 329 Å². The van der Waals surface area contributed by atoms with Crippen molar-refractivity contribution in [2.75, 3.05) is 0 Å². The maximum Gasteiger partial charge on any atom is 0.144 e. The van der Waals surface area contributed by atoms with Crippen LogP contribution < -0.4 is 0 Å². The average Bonchev–Trinajstić information content (AvgIpc) is 3.96. The fourth-order valence-corrected chi connectivity index (χ4v) is 9.74. The summed E-state index contributed by atoms with van der Waals surface area (Å²) in [5.74, 6) is 0. The van der Waals surface area contributed by atoms with Crippen LogP contribution in [0.3, 0.4) is 0 Å². The van der Waals surface area contributed by atoms with Gasteiger partial charge in [0.1, 0.15) is 22.3 Å². The van der Waals surface area contributed by atoms with Crippen LogP contribution in [0.2, 0.25) is 0 Å². The molecule has 0 atom stereocenters. The van der Waals surface area contributed by atoms with Crippen molar-refractivity contribution in [3.8, 4) is 44.5 Å². The van der Waals surface area contributed by atoms with E-state index in [0.717, 1.165) is 77.3 Å². The summed E-state index contributed by atoms with van der Waals surface area (Å²) in [5, 5.41) is 4.42. The van der Waals surface area contributed by atoms with Gasteiger partial charge in [-0.15, -0.1) is 0 Å². The van der Waals surface area contributed by atoms with Gasteiger partial charge in [-0.25, -0.2) is 0 Å². The average molecular weight is 727 g/mol. The molecular weight excluding hydrogens is 693 g/mol. The number of hydrogen-bond acceptors (Lipinski definition) is 2. The van der Waals surface area contributed by atoms with Crippen molar-refractivity contribution in [1.82, 2.24) is 0 Å². The van der Waals surface area contributed by atoms with Crippen LogP contribution in [0.4, 0.5) is 0 Å². The van der Waals surface area contributed by atoms with Gasteiger partial charge in [0.05, 0.1) is 5.41 Å². The summed E-state index contributed by atoms with van der Waals surface area (Å²) in [7, 11) is 0. The summed E-state index contributed by atoms with van der Waals surface area (Å²) in [6.07, 6.45) is 0. The van der Waals surface area contributed by atoms with Crippen molar-refractivity contribution in [1.29, 1.82) is 0 Å². The predicted molar refractivity (Wildman–Crippen MR) is 235 cm³/mol. The Kier molecular flexibility index (Phi) is 6.88. The van der Waals surface area contributed by atoms with Gasteiger partial charge >= 0.3 is 0 Å². The molecule has 57 heavy (non-hydrogen) atoms. The van der Waals surface area contributed by atoms with Crippen molar-refractivity contribution in [2.45, 2.75) is 5.41 Å². The van der Waals surface area contributed by atoms with Crippen LogP contribution in [0.5, 0.6) is 0 Å². The molecular formula is C55H34O2. The van der Waals surface area contributed by atoms with Gasteiger partial charge in [-0.1, -0.05) is 182 Å². The summed E-state index contributed by atoms with van der Waals surface area (Å²) in [6.45, 7) is 0. The second-order valence-corrected chi connectivity index (χ2v) is 15.1. The monoisotopic (exact) mass is 726 g/mol. The molecule has 0 saturated carbocycles. The van der Waals surface area contributed by atoms with E-state index >= 15 is 0 Å². The Hall–Kier alpha value is -7.42. The molecule has 2 nitrogen and oxygen atoms in total. The first-order valence-corrected chi connectivity index (χ1v) is 19.6. The van der Waals surface area contributed by atoms with E-state index in [0.29, 0.717) is 0 Å². The highest BCUT2D eigenvalue weighted by Gasteiger charge is 2.50. The lowest BCUT2D eigenvalue weighted by Crippen LogP contribution is -2.28. The molecule has 2 heterocycles. The van der Waals surface area contributed by atoms with E-state index in [1.165, 1.54) is 33.4 Å². The molecule has 266 valence electrons. The Morgan fingerprint density at radius 1 is 0.316 bits per heavy atom. The summed E-state index contributed by atoms with van der Waals surface area (Å²) in [6, 6.07) is 74.2. The van der Waals surface area contributed by atoms with Gasteiger partial charge in [-0.05, 0) is 79.9 Å². The fourth-order valence-electron chi connectivity index (χ4n) is 9.74. The van der Waals surface area contributed by atoms with Crippen molar-refractivity contribution in [3.05, 3.63) is 229 Å². The Morgan fingerprint density at radius 3 is 1.14 bits per heavy atom. The molecule has 2 aromatic heterocycles. The highest BCUT2D eigenvalue weighted by Crippen LogP contribution is 2.63. The molecule has 0 aliphatic heterocycles. The normalized spacial score (nSPS) is 13.1. The van der Waals surface area contributed by atoms with E-state index in [9.17, 15) is 0 Å². The van der Waals surface area contributed by atoms with E-state index in [2.05, 4.69) is 206 Å². The van der Waals surface area contributed by atoms with Gasteiger partial charge in [0.2, 0.25) is 0 Å². The maximum absolute atomic E-state index is 7.17. The Bertz CT molecular complexity index is 3260. The molecule has 2 heteroatoms. The summed E-state index contributed by atoms with van der Waals surface area (Å²) in [5.41, 5.74) is 16.6. The molecule has 0 amide bonds. The number of rotatable bonds is 5. The lowest BCUT2D eigenvalue weighted by atomic mass is 9.67. The van der Waals surface area contributed by atoms with Gasteiger partial charge < -0.3 is 8.83 Å². The predicted octanol–water partition coefficient (Wildman–Crippen LogP) is 14.8. The maximum atomic E-state index is 7.17. The molecule has 0 saturated heterocycles. The fraction of sp³-hybridized carbons (Fsp3) is 0.0182. The molecule has 0 fully saturated rings. The van der Waals surface area contributed by atoms with Crippen molar-refractivity contribution in [3.63, 3.8) is 0 Å². The molecule has 0 unspecified atom stereocenters. The van der Waals surface area contributed by atoms with Crippen LogP contribution >= 0.6 is 0 Å². The van der Waals surface area contributed by atoms with Crippen molar-refractivity contribution >= 4 is 43.9 Å². The van der Waals surface area contributed by atoms with Crippen LogP contribution in [0.1, 0.15) is 22.3 Å². The standard InChI is InChI=1S/C55H34O2/c1-5-17-35(18-6-1)36-29-31-38(32-30-36)44-34-46-52(54-50(44)42-26-14-16-28-48(42)57-54)51-45(55(46,39-21-9-3-10-22-39)40-23-11-4-12-24-40)33-43(37-19-7-2-8-20-37)49-41-25-13-15-27-47(41)56-53(49)51/h1-34H. The topological polar surface area (TPSA) is 26.3 Å². The lowest BCUT2D eigenvalue weighted by molar-refractivity contribution is 0.665. The third-order valence-electron chi connectivity index (χ3n) is 12.2. The molecule has 0 N–H and O–H groups in total. The minimum Gasteiger partial charge on any atom is -0.455 e. The smallest absolute Gasteiger partial charge is 0.144 e. The van der Waals surface area contributed by atoms with E-state index in [1.54, 1.807) is 0 Å². The first-order chi connectivity index (χ1) is 28.3. The number of benzene rings is 9. The van der Waals surface area contributed by atoms with E-state index in [1.807, 2.05) is 0 Å². The first-order valence-electron chi connectivity index (χ1n) is 19.6. The first kappa shape index (κ1) is 31.9. The summed E-state index contributed by atoms with van der Waals surface area (Å²) >= 11 is 0. The van der Waals surface area contributed by atoms with Gasteiger partial charge in [-0.3, -0.25) is 0 Å². The largest absolute Gasteiger partial charge is 0.455 e. The number of para-hydroxylation sites is 2. The number of hydrogen-bond donors (Lipinski definition) is 0. The van der Waals surface area contributed by atoms with Gasteiger partial charge in [0.15, 0.2) is 0 Å². The highest BCUT2D eigenvalue weighted by atomic mass is 16.3. The van der Waals surface area contributed by atoms with E-state index in [-0.39, 0.29) is 0 Å². The minimum absolute atomic E-state index is 0.713. The molecule has 1 aliphatic carbocycles. The molecule has 0 radical (unpaired) electrons. The van der Waals surface area contributed by atoms with Gasteiger partial charge in [0.25, 0.3) is 0 Å². The van der Waals surface area contributed by atoms with Gasteiger partial charge in [0, 0.05) is 32.7 Å². The second-order valence-electron chi connectivity index (χ2n) is 15.1. The van der Waals surface area contributed by atoms with Crippen LogP contribution in [-0.2, 0) is 5.41 Å². The number of furan rings is 2. The van der Waals surface area contributed by atoms with Crippen LogP contribution in [0.15, 0.2) is 215 Å². The molecule has 0 spiro atoms. The van der Waals surface area contributed by atoms with Crippen LogP contribution in [-0.4, -0.2) is 0 Å². The lowest BCUT2D eigenvalue weighted by Gasteiger charge is -2.34. The summed E-state index contributed by atoms with van der Waals surface area (Å²) < 4.78 is 14.3. The highest BCUT2D eigenvalue weighted by molar-refractivity contribution is 6.24. The van der Waals surface area contributed by atoms with Crippen molar-refractivity contribution in [2.24, 2.45) is 0 Å². The molecule has 1 aliphatic rings. The molecule has 12 rings (SSSR count). The zero-order valence-corrected chi connectivity index (χ0v) is 30.9. The zero-order chi connectivity index (χ0) is 37.5. The SMILES string of the molecule is c1ccc(-c2ccc(-c3cc4c(c5oc6ccccc6c35)-c3c(cc(-c5ccccc5)c5c3oc3ccccc35)C4(c3ccccc3)c3ccccc3)cc2)cc1. The zero-order valence-electron chi connectivity index (χ0n) is 30.9. The quantitative estimate of drug-likeness (QED) is 0.176. The Morgan fingerprint density at radius 2 is 0.667 bits per heavy atom. The summed E-state index contributed by atoms with van der Waals surface area (Å²) in [4.78, 5) is 0. The third kappa shape index (κ3) is 4.53. The van der Waals surface area contributed by atoms with E-state index in [4.69, 9.17) is 8.83 Å². The third-order valence-corrected chi connectivity index (χ3v) is 12.2. The Balaban J connectivity index is 1.29. The van der Waals surface area contributed by atoms with E-state index < -0.39 is 5.41 Å². The van der Waals surface area contributed by atoms with Crippen LogP contribution in [0, 0.1) is 0 Å². The molecule has 0 bridgehead atoms. The van der Waals surface area contributed by atoms with Gasteiger partial charge in [-0.2, -0.15) is 0 Å². The number of fused-ring (bicyclic) bond motifs is 11. The van der Waals surface area contributed by atoms with Crippen LogP contribution in [0.25, 0.3) is 88.4 Å². The van der Waals surface area contributed by atoms with Crippen molar-refractivity contribution < 1.29 is 8.83 Å². The molecule has 11 aromatic rings. The second kappa shape index (κ2) is 12.3.